The largest absolute Gasteiger partial charge is 1.00 e. The third kappa shape index (κ3) is 15.5. The standard InChI is InChI=1S/C8H14O4.Rb/c9-7(10)5-3-1-2-4-6-8(11)12;/h1-6H2,(H,9,10)(H,11,12);/q;+1/p-1. The molecule has 1 N–H and O–H groups in total. The van der Waals surface area contributed by atoms with Crippen LogP contribution in [0.2, 0.25) is 0 Å². The maximum atomic E-state index is 10.0. The van der Waals surface area contributed by atoms with Crippen LogP contribution < -0.4 is 63.3 Å². The Hall–Kier alpha value is 0.745. The molecule has 0 spiro atoms. The summed E-state index contributed by atoms with van der Waals surface area (Å²) in [4.78, 5) is 20.0. The Kier molecular flexibility index (Phi) is 13.5. The Labute approximate surface area is 126 Å². The first-order valence-electron chi connectivity index (χ1n) is 4.04. The van der Waals surface area contributed by atoms with Crippen molar-refractivity contribution >= 4 is 11.9 Å². The van der Waals surface area contributed by atoms with Crippen LogP contribution in [0.5, 0.6) is 0 Å². The number of carboxylic acid groups (broad SMARTS) is 2. The van der Waals surface area contributed by atoms with Crippen LogP contribution in [0, 0.1) is 0 Å². The summed E-state index contributed by atoms with van der Waals surface area (Å²) >= 11 is 0. The molecule has 0 atom stereocenters. The van der Waals surface area contributed by atoms with Gasteiger partial charge in [0.1, 0.15) is 0 Å². The smallest absolute Gasteiger partial charge is 0.550 e. The minimum atomic E-state index is -1.03. The Morgan fingerprint density at radius 2 is 1.46 bits per heavy atom. The molecular formula is C8H13O4Rb. The summed E-state index contributed by atoms with van der Waals surface area (Å²) in [6, 6.07) is 0. The second-order valence-corrected chi connectivity index (χ2v) is 2.68. The number of rotatable bonds is 7. The fraction of sp³-hybridized carbons (Fsp3) is 0.750. The number of unbranched alkanes of at least 4 members (excludes halogenated alkanes) is 3. The van der Waals surface area contributed by atoms with Crippen molar-refractivity contribution in [3.8, 4) is 0 Å². The van der Waals surface area contributed by atoms with E-state index in [9.17, 15) is 14.7 Å². The van der Waals surface area contributed by atoms with Gasteiger partial charge in [-0.2, -0.15) is 0 Å². The normalized spacial score (nSPS) is 8.92. The first-order chi connectivity index (χ1) is 5.63. The fourth-order valence-corrected chi connectivity index (χ4v) is 0.899. The van der Waals surface area contributed by atoms with Gasteiger partial charge >= 0.3 is 64.2 Å². The monoisotopic (exact) mass is 258 g/mol. The van der Waals surface area contributed by atoms with E-state index in [1.54, 1.807) is 0 Å². The van der Waals surface area contributed by atoms with Crippen LogP contribution in [0.15, 0.2) is 0 Å². The molecule has 0 aromatic rings. The van der Waals surface area contributed by atoms with Crippen LogP contribution in [0.4, 0.5) is 0 Å². The predicted octanol–water partition coefficient (Wildman–Crippen LogP) is -2.83. The van der Waals surface area contributed by atoms with E-state index in [-0.39, 0.29) is 71.0 Å². The van der Waals surface area contributed by atoms with Gasteiger partial charge in [-0.25, -0.2) is 0 Å². The first-order valence-corrected chi connectivity index (χ1v) is 4.04. The van der Waals surface area contributed by atoms with Gasteiger partial charge in [-0.1, -0.05) is 12.8 Å². The molecule has 13 heavy (non-hydrogen) atoms. The first kappa shape index (κ1) is 16.2. The zero-order chi connectivity index (χ0) is 9.40. The van der Waals surface area contributed by atoms with Crippen molar-refractivity contribution in [3.63, 3.8) is 0 Å². The quantitative estimate of drug-likeness (QED) is 0.499. The number of hydrogen-bond donors (Lipinski definition) is 1. The van der Waals surface area contributed by atoms with Crippen LogP contribution in [0.1, 0.15) is 38.5 Å². The zero-order valence-electron chi connectivity index (χ0n) is 7.91. The van der Waals surface area contributed by atoms with E-state index in [2.05, 4.69) is 0 Å². The minimum absolute atomic E-state index is 0. The number of aliphatic carboxylic acids is 2. The molecule has 0 fully saturated rings. The summed E-state index contributed by atoms with van der Waals surface area (Å²) in [7, 11) is 0. The SMILES string of the molecule is O=C([O-])CCCCCCC(=O)O.[Rb+]. The summed E-state index contributed by atoms with van der Waals surface area (Å²) in [6.07, 6.45) is 3.00. The maximum Gasteiger partial charge on any atom is 1.00 e. The number of carbonyl (C=O) groups excluding carboxylic acids is 1. The summed E-state index contributed by atoms with van der Waals surface area (Å²) < 4.78 is 0. The summed E-state index contributed by atoms with van der Waals surface area (Å²) in [5.41, 5.74) is 0. The number of carbonyl (C=O) groups is 2. The van der Waals surface area contributed by atoms with Crippen molar-refractivity contribution < 1.29 is 78.0 Å². The Bertz CT molecular complexity index is 140. The van der Waals surface area contributed by atoms with Gasteiger partial charge in [0.25, 0.3) is 0 Å². The molecule has 4 nitrogen and oxygen atoms in total. The Morgan fingerprint density at radius 3 is 1.85 bits per heavy atom. The van der Waals surface area contributed by atoms with Crippen LogP contribution in [0.25, 0.3) is 0 Å². The van der Waals surface area contributed by atoms with Crippen LogP contribution in [-0.4, -0.2) is 17.0 Å². The van der Waals surface area contributed by atoms with Gasteiger partial charge in [-0.05, 0) is 19.3 Å². The summed E-state index contributed by atoms with van der Waals surface area (Å²) in [5, 5.41) is 18.2. The maximum absolute atomic E-state index is 10.0. The molecule has 0 heterocycles. The van der Waals surface area contributed by atoms with Gasteiger partial charge in [0, 0.05) is 12.4 Å². The van der Waals surface area contributed by atoms with E-state index in [1.165, 1.54) is 0 Å². The molecule has 0 radical (unpaired) electrons. The molecule has 0 unspecified atom stereocenters. The molecule has 5 heteroatoms. The zero-order valence-corrected chi connectivity index (χ0v) is 12.8. The fourth-order valence-electron chi connectivity index (χ4n) is 0.899. The van der Waals surface area contributed by atoms with Gasteiger partial charge in [-0.15, -0.1) is 0 Å². The predicted molar refractivity (Wildman–Crippen MR) is 40.3 cm³/mol. The van der Waals surface area contributed by atoms with Crippen molar-refractivity contribution in [3.05, 3.63) is 0 Å². The molecule has 0 aromatic heterocycles. The molecule has 0 aromatic carbocycles. The third-order valence-corrected chi connectivity index (χ3v) is 1.52. The van der Waals surface area contributed by atoms with Gasteiger partial charge in [0.05, 0.1) is 0 Å². The molecule has 0 saturated carbocycles. The molecule has 0 amide bonds. The number of hydrogen-bond acceptors (Lipinski definition) is 3. The van der Waals surface area contributed by atoms with Crippen molar-refractivity contribution in [2.24, 2.45) is 0 Å². The summed E-state index contributed by atoms with van der Waals surface area (Å²) in [5.74, 6) is -1.83. The van der Waals surface area contributed by atoms with Gasteiger partial charge in [0.15, 0.2) is 0 Å². The average molecular weight is 259 g/mol. The van der Waals surface area contributed by atoms with Crippen molar-refractivity contribution in [1.82, 2.24) is 0 Å². The average Bonchev–Trinajstić information content (AvgIpc) is 1.95. The second kappa shape index (κ2) is 10.8. The van der Waals surface area contributed by atoms with Gasteiger partial charge < -0.3 is 15.0 Å². The van der Waals surface area contributed by atoms with Crippen molar-refractivity contribution in [1.29, 1.82) is 0 Å². The number of carboxylic acids is 2. The van der Waals surface area contributed by atoms with Gasteiger partial charge in [0.2, 0.25) is 0 Å². The van der Waals surface area contributed by atoms with Crippen LogP contribution in [-0.2, 0) is 9.59 Å². The van der Waals surface area contributed by atoms with Crippen LogP contribution in [0.3, 0.4) is 0 Å². The van der Waals surface area contributed by atoms with Gasteiger partial charge in [-0.3, -0.25) is 4.79 Å². The molecule has 0 aliphatic heterocycles. The van der Waals surface area contributed by atoms with Crippen LogP contribution >= 0.6 is 0 Å². The van der Waals surface area contributed by atoms with E-state index < -0.39 is 11.9 Å². The molecule has 0 aliphatic rings. The third-order valence-electron chi connectivity index (χ3n) is 1.52. The van der Waals surface area contributed by atoms with E-state index in [0.29, 0.717) is 12.8 Å². The molecule has 0 bridgehead atoms. The molecule has 70 valence electrons. The van der Waals surface area contributed by atoms with Crippen molar-refractivity contribution in [2.75, 3.05) is 0 Å². The molecule has 0 aliphatic carbocycles. The second-order valence-electron chi connectivity index (χ2n) is 2.68. The van der Waals surface area contributed by atoms with E-state index in [4.69, 9.17) is 5.11 Å². The van der Waals surface area contributed by atoms with Crippen molar-refractivity contribution in [2.45, 2.75) is 38.5 Å². The molecule has 0 saturated heterocycles. The topological polar surface area (TPSA) is 77.4 Å². The van der Waals surface area contributed by atoms with E-state index >= 15 is 0 Å². The minimum Gasteiger partial charge on any atom is -0.550 e. The van der Waals surface area contributed by atoms with E-state index in [1.807, 2.05) is 0 Å². The summed E-state index contributed by atoms with van der Waals surface area (Å²) in [6.45, 7) is 0. The molecular weight excluding hydrogens is 246 g/mol. The molecule has 0 rings (SSSR count). The Morgan fingerprint density at radius 1 is 1.00 bits per heavy atom. The van der Waals surface area contributed by atoms with E-state index in [0.717, 1.165) is 12.8 Å². The Balaban J connectivity index is 0.